The molecule has 31 heavy (non-hydrogen) atoms. The third kappa shape index (κ3) is 3.17. The number of carbonyl (C=O) groups excluding carboxylic acids is 1. The van der Waals surface area contributed by atoms with Gasteiger partial charge in [-0.2, -0.15) is 0 Å². The Morgan fingerprint density at radius 2 is 2.06 bits per heavy atom. The predicted molar refractivity (Wildman–Crippen MR) is 125 cm³/mol. The van der Waals surface area contributed by atoms with Crippen molar-refractivity contribution in [3.63, 3.8) is 0 Å². The molecule has 0 spiro atoms. The molecule has 1 N–H and O–H groups in total. The fourth-order valence-corrected chi connectivity index (χ4v) is 5.45. The van der Waals surface area contributed by atoms with E-state index in [-0.39, 0.29) is 11.9 Å². The highest BCUT2D eigenvalue weighted by Gasteiger charge is 2.34. The number of hydrogen-bond donors (Lipinski definition) is 1. The zero-order valence-electron chi connectivity index (χ0n) is 17.0. The van der Waals surface area contributed by atoms with Crippen molar-refractivity contribution in [2.45, 2.75) is 18.9 Å². The average Bonchev–Trinajstić information content (AvgIpc) is 3.55. The van der Waals surface area contributed by atoms with Crippen LogP contribution in [-0.2, 0) is 17.6 Å². The van der Waals surface area contributed by atoms with E-state index in [1.165, 1.54) is 16.5 Å². The van der Waals surface area contributed by atoms with Crippen molar-refractivity contribution in [3.8, 4) is 5.75 Å². The van der Waals surface area contributed by atoms with E-state index in [2.05, 4.69) is 47.4 Å². The lowest BCUT2D eigenvalue weighted by Gasteiger charge is -2.36. The van der Waals surface area contributed by atoms with E-state index in [0.29, 0.717) is 6.54 Å². The van der Waals surface area contributed by atoms with Gasteiger partial charge in [0.25, 0.3) is 0 Å². The van der Waals surface area contributed by atoms with Crippen molar-refractivity contribution in [1.29, 1.82) is 0 Å². The molecule has 2 aromatic carbocycles. The molecule has 1 amide bonds. The van der Waals surface area contributed by atoms with E-state index in [0.717, 1.165) is 46.8 Å². The van der Waals surface area contributed by atoms with E-state index in [4.69, 9.17) is 4.74 Å². The molecule has 0 saturated heterocycles. The van der Waals surface area contributed by atoms with Crippen molar-refractivity contribution < 1.29 is 9.53 Å². The quantitative estimate of drug-likeness (QED) is 0.449. The van der Waals surface area contributed by atoms with Gasteiger partial charge in [0.05, 0.1) is 12.6 Å². The molecule has 0 fully saturated rings. The molecule has 4 nitrogen and oxygen atoms in total. The number of benzene rings is 2. The summed E-state index contributed by atoms with van der Waals surface area (Å²) in [6.07, 6.45) is 5.40. The van der Waals surface area contributed by atoms with Gasteiger partial charge in [-0.05, 0) is 58.8 Å². The van der Waals surface area contributed by atoms with E-state index in [9.17, 15) is 4.79 Å². The lowest BCUT2D eigenvalue weighted by molar-refractivity contribution is -0.128. The van der Waals surface area contributed by atoms with Gasteiger partial charge in [0.1, 0.15) is 5.75 Å². The van der Waals surface area contributed by atoms with E-state index in [1.807, 2.05) is 28.5 Å². The van der Waals surface area contributed by atoms with Crippen LogP contribution in [0.4, 0.5) is 0 Å². The Labute approximate surface area is 184 Å². The fourth-order valence-electron chi connectivity index (χ4n) is 4.84. The maximum Gasteiger partial charge on any atom is 0.247 e. The van der Waals surface area contributed by atoms with Crippen LogP contribution >= 0.6 is 11.3 Å². The number of rotatable bonds is 3. The van der Waals surface area contributed by atoms with Gasteiger partial charge < -0.3 is 14.6 Å². The summed E-state index contributed by atoms with van der Waals surface area (Å²) in [6, 6.07) is 18.7. The van der Waals surface area contributed by atoms with E-state index in [1.54, 1.807) is 17.4 Å². The number of aromatic amines is 1. The van der Waals surface area contributed by atoms with E-state index >= 15 is 0 Å². The topological polar surface area (TPSA) is 45.3 Å². The first kappa shape index (κ1) is 18.5. The minimum Gasteiger partial charge on any atom is -0.493 e. The highest BCUT2D eigenvalue weighted by molar-refractivity contribution is 7.10. The van der Waals surface area contributed by atoms with Gasteiger partial charge in [0, 0.05) is 40.5 Å². The molecule has 4 aromatic rings. The van der Waals surface area contributed by atoms with Crippen LogP contribution in [-0.4, -0.2) is 28.9 Å². The van der Waals surface area contributed by atoms with Crippen LogP contribution in [0.2, 0.25) is 0 Å². The number of amides is 1. The Balaban J connectivity index is 1.45. The molecular formula is C26H22N2O2S. The summed E-state index contributed by atoms with van der Waals surface area (Å²) in [5.41, 5.74) is 5.94. The van der Waals surface area contributed by atoms with Crippen LogP contribution in [0.1, 0.15) is 33.3 Å². The molecule has 1 atom stereocenters. The fraction of sp³-hybridized carbons (Fsp3) is 0.192. The summed E-state index contributed by atoms with van der Waals surface area (Å²) >= 11 is 1.64. The standard InChI is InChI=1S/C26H22N2O2S/c29-24(10-8-19-4-3-15-31-19)28-13-11-21-20-5-1-2-6-22(20)27-25(21)26(28)18-7-9-23-17(16-18)12-14-30-23/h1-10,15-16,26-27H,11-14H2. The number of carbonyl (C=O) groups is 1. The van der Waals surface area contributed by atoms with Crippen molar-refractivity contribution in [3.05, 3.63) is 93.3 Å². The highest BCUT2D eigenvalue weighted by Crippen LogP contribution is 2.40. The molecule has 0 aliphatic carbocycles. The SMILES string of the molecule is O=C(C=Cc1cccs1)N1CCc2c([nH]c3ccccc23)C1c1ccc2c(c1)CCO2. The minimum absolute atomic E-state index is 0.0412. The molecule has 0 saturated carbocycles. The average molecular weight is 427 g/mol. The second-order valence-corrected chi connectivity index (χ2v) is 9.04. The number of nitrogens with one attached hydrogen (secondary N) is 1. The summed E-state index contributed by atoms with van der Waals surface area (Å²) in [4.78, 5) is 20.1. The molecular weight excluding hydrogens is 404 g/mol. The van der Waals surface area contributed by atoms with Gasteiger partial charge in [-0.3, -0.25) is 4.79 Å². The van der Waals surface area contributed by atoms with Gasteiger partial charge in [-0.25, -0.2) is 0 Å². The lowest BCUT2D eigenvalue weighted by Crippen LogP contribution is -2.39. The second kappa shape index (κ2) is 7.43. The molecule has 0 bridgehead atoms. The molecule has 6 rings (SSSR count). The maximum atomic E-state index is 13.3. The van der Waals surface area contributed by atoms with Gasteiger partial charge in [0.2, 0.25) is 5.91 Å². The number of hydrogen-bond acceptors (Lipinski definition) is 3. The largest absolute Gasteiger partial charge is 0.493 e. The minimum atomic E-state index is -0.137. The smallest absolute Gasteiger partial charge is 0.247 e. The Hall–Kier alpha value is -3.31. The summed E-state index contributed by atoms with van der Waals surface area (Å²) in [6.45, 7) is 1.42. The number of H-pyrrole nitrogens is 1. The van der Waals surface area contributed by atoms with Crippen LogP contribution in [0, 0.1) is 0 Å². The third-order valence-corrected chi connectivity index (χ3v) is 7.12. The lowest BCUT2D eigenvalue weighted by atomic mass is 9.91. The Morgan fingerprint density at radius 3 is 2.97 bits per heavy atom. The summed E-state index contributed by atoms with van der Waals surface area (Å²) < 4.78 is 5.71. The number of ether oxygens (including phenoxy) is 1. The molecule has 5 heteroatoms. The van der Waals surface area contributed by atoms with Crippen molar-refractivity contribution >= 4 is 34.2 Å². The molecule has 2 aliphatic heterocycles. The van der Waals surface area contributed by atoms with Gasteiger partial charge in [-0.1, -0.05) is 30.3 Å². The van der Waals surface area contributed by atoms with E-state index < -0.39 is 0 Å². The van der Waals surface area contributed by atoms with Crippen molar-refractivity contribution in [1.82, 2.24) is 9.88 Å². The first-order chi connectivity index (χ1) is 15.3. The van der Waals surface area contributed by atoms with Gasteiger partial charge in [0.15, 0.2) is 0 Å². The summed E-state index contributed by atoms with van der Waals surface area (Å²) in [7, 11) is 0. The van der Waals surface area contributed by atoms with Crippen LogP contribution < -0.4 is 4.74 Å². The Kier molecular flexibility index (Phi) is 4.42. The van der Waals surface area contributed by atoms with Gasteiger partial charge in [-0.15, -0.1) is 11.3 Å². The summed E-state index contributed by atoms with van der Waals surface area (Å²) in [5.74, 6) is 1.01. The molecule has 0 radical (unpaired) electrons. The molecule has 2 aliphatic rings. The number of para-hydroxylation sites is 1. The van der Waals surface area contributed by atoms with Crippen LogP contribution in [0.3, 0.4) is 0 Å². The molecule has 1 unspecified atom stereocenters. The zero-order chi connectivity index (χ0) is 20.8. The number of thiophene rings is 1. The molecule has 154 valence electrons. The van der Waals surface area contributed by atoms with Crippen LogP contribution in [0.5, 0.6) is 5.75 Å². The maximum absolute atomic E-state index is 13.3. The number of fused-ring (bicyclic) bond motifs is 4. The normalized spacial score (nSPS) is 17.7. The predicted octanol–water partition coefficient (Wildman–Crippen LogP) is 5.35. The van der Waals surface area contributed by atoms with Crippen molar-refractivity contribution in [2.24, 2.45) is 0 Å². The zero-order valence-corrected chi connectivity index (χ0v) is 17.8. The summed E-state index contributed by atoms with van der Waals surface area (Å²) in [5, 5.41) is 3.28. The molecule has 2 aromatic heterocycles. The number of aromatic nitrogens is 1. The first-order valence-electron chi connectivity index (χ1n) is 10.7. The van der Waals surface area contributed by atoms with Crippen LogP contribution in [0.15, 0.2) is 66.1 Å². The Morgan fingerprint density at radius 1 is 1.13 bits per heavy atom. The van der Waals surface area contributed by atoms with Crippen LogP contribution in [0.25, 0.3) is 17.0 Å². The highest BCUT2D eigenvalue weighted by atomic mass is 32.1. The molecule has 4 heterocycles. The Bertz CT molecular complexity index is 1300. The third-order valence-electron chi connectivity index (χ3n) is 6.28. The second-order valence-electron chi connectivity index (χ2n) is 8.06. The monoisotopic (exact) mass is 426 g/mol. The number of nitrogens with zero attached hydrogens (tertiary/aromatic N) is 1. The first-order valence-corrected chi connectivity index (χ1v) is 11.5. The van der Waals surface area contributed by atoms with Crippen molar-refractivity contribution in [2.75, 3.05) is 13.2 Å². The van der Waals surface area contributed by atoms with Gasteiger partial charge >= 0.3 is 0 Å².